The van der Waals surface area contributed by atoms with Crippen LogP contribution in [0, 0.1) is 6.92 Å². The van der Waals surface area contributed by atoms with Crippen molar-refractivity contribution < 1.29 is 17.6 Å². The van der Waals surface area contributed by atoms with Gasteiger partial charge in [-0.15, -0.1) is 0 Å². The van der Waals surface area contributed by atoms with E-state index in [-0.39, 0.29) is 29.9 Å². The Morgan fingerprint density at radius 1 is 1.20 bits per heavy atom. The highest BCUT2D eigenvalue weighted by atomic mass is 32.2. The van der Waals surface area contributed by atoms with Crippen molar-refractivity contribution in [3.05, 3.63) is 41.9 Å². The van der Waals surface area contributed by atoms with E-state index in [1.165, 1.54) is 5.56 Å². The molecule has 3 rings (SSSR count). The zero-order chi connectivity index (χ0) is 21.7. The smallest absolute Gasteiger partial charge is 0.223 e. The molecule has 164 valence electrons. The zero-order valence-corrected chi connectivity index (χ0v) is 18.8. The Hall–Kier alpha value is -2.19. The van der Waals surface area contributed by atoms with Crippen LogP contribution >= 0.6 is 0 Å². The monoisotopic (exact) mass is 433 g/mol. The fourth-order valence-corrected chi connectivity index (χ4v) is 5.45. The molecular weight excluding hydrogens is 402 g/mol. The molecule has 30 heavy (non-hydrogen) atoms. The van der Waals surface area contributed by atoms with E-state index in [9.17, 15) is 13.2 Å². The number of aryl methyl sites for hydroxylation is 2. The summed E-state index contributed by atoms with van der Waals surface area (Å²) in [6.07, 6.45) is 3.67. The zero-order valence-electron chi connectivity index (χ0n) is 18.0. The third-order valence-corrected chi connectivity index (χ3v) is 7.17. The van der Waals surface area contributed by atoms with E-state index in [0.717, 1.165) is 18.5 Å². The number of rotatable bonds is 9. The minimum Gasteiger partial charge on any atom is -0.441 e. The topological polar surface area (TPSA) is 83.7 Å². The van der Waals surface area contributed by atoms with Crippen LogP contribution < -0.4 is 0 Å². The number of amides is 1. The number of hydrogen-bond donors (Lipinski definition) is 0. The van der Waals surface area contributed by atoms with Gasteiger partial charge in [0.2, 0.25) is 5.91 Å². The summed E-state index contributed by atoms with van der Waals surface area (Å²) in [5, 5.41) is 0. The molecule has 0 N–H and O–H groups in total. The van der Waals surface area contributed by atoms with E-state index in [0.29, 0.717) is 31.0 Å². The molecule has 1 aliphatic heterocycles. The second-order valence-electron chi connectivity index (χ2n) is 8.29. The SMILES string of the molecule is Cc1ccc(-c2cnc(CCC(=O)N(CCCN(C)C)C3CCS(=O)(=O)C3)o2)cc1. The predicted octanol–water partition coefficient (Wildman–Crippen LogP) is 2.55. The fourth-order valence-electron chi connectivity index (χ4n) is 3.72. The molecule has 0 aliphatic carbocycles. The lowest BCUT2D eigenvalue weighted by Gasteiger charge is -2.29. The van der Waals surface area contributed by atoms with Gasteiger partial charge in [-0.3, -0.25) is 4.79 Å². The van der Waals surface area contributed by atoms with Crippen LogP contribution in [0.25, 0.3) is 11.3 Å². The van der Waals surface area contributed by atoms with Gasteiger partial charge >= 0.3 is 0 Å². The summed E-state index contributed by atoms with van der Waals surface area (Å²) in [6.45, 7) is 3.45. The Labute approximate surface area is 179 Å². The van der Waals surface area contributed by atoms with Crippen LogP contribution in [0.3, 0.4) is 0 Å². The quantitative estimate of drug-likeness (QED) is 0.604. The van der Waals surface area contributed by atoms with Gasteiger partial charge in [-0.2, -0.15) is 0 Å². The maximum absolute atomic E-state index is 13.0. The summed E-state index contributed by atoms with van der Waals surface area (Å²) in [4.78, 5) is 21.1. The normalized spacial score (nSPS) is 18.1. The maximum atomic E-state index is 13.0. The molecule has 7 nitrogen and oxygen atoms in total. The van der Waals surface area contributed by atoms with Gasteiger partial charge in [0, 0.05) is 31.0 Å². The van der Waals surface area contributed by atoms with Crippen molar-refractivity contribution >= 4 is 15.7 Å². The first-order valence-corrected chi connectivity index (χ1v) is 12.2. The third kappa shape index (κ3) is 6.15. The van der Waals surface area contributed by atoms with Crippen LogP contribution in [0.15, 0.2) is 34.9 Å². The van der Waals surface area contributed by atoms with Crippen LogP contribution in [-0.2, 0) is 21.1 Å². The Bertz CT molecular complexity index is 951. The number of nitrogens with zero attached hydrogens (tertiary/aromatic N) is 3. The van der Waals surface area contributed by atoms with E-state index in [4.69, 9.17) is 4.42 Å². The first-order valence-electron chi connectivity index (χ1n) is 10.4. The second kappa shape index (κ2) is 9.75. The highest BCUT2D eigenvalue weighted by molar-refractivity contribution is 7.91. The first-order chi connectivity index (χ1) is 14.2. The van der Waals surface area contributed by atoms with Crippen LogP contribution in [0.4, 0.5) is 0 Å². The van der Waals surface area contributed by atoms with Crippen molar-refractivity contribution in [1.82, 2.24) is 14.8 Å². The minimum absolute atomic E-state index is 0.0362. The molecule has 0 radical (unpaired) electrons. The predicted molar refractivity (Wildman–Crippen MR) is 117 cm³/mol. The molecular formula is C22H31N3O4S. The summed E-state index contributed by atoms with van der Waals surface area (Å²) in [5.74, 6) is 1.39. The Morgan fingerprint density at radius 2 is 1.93 bits per heavy atom. The van der Waals surface area contributed by atoms with E-state index in [1.54, 1.807) is 11.1 Å². The number of hydrogen-bond acceptors (Lipinski definition) is 6. The van der Waals surface area contributed by atoms with Crippen LogP contribution in [-0.4, -0.2) is 73.8 Å². The molecule has 1 amide bonds. The number of carbonyl (C=O) groups is 1. The highest BCUT2D eigenvalue weighted by Crippen LogP contribution is 2.23. The Morgan fingerprint density at radius 3 is 2.57 bits per heavy atom. The number of benzene rings is 1. The van der Waals surface area contributed by atoms with Gasteiger partial charge in [-0.05, 0) is 40.4 Å². The van der Waals surface area contributed by atoms with Gasteiger partial charge < -0.3 is 14.2 Å². The molecule has 0 saturated carbocycles. The van der Waals surface area contributed by atoms with E-state index in [2.05, 4.69) is 9.88 Å². The molecule has 0 spiro atoms. The second-order valence-corrected chi connectivity index (χ2v) is 10.5. The number of oxazole rings is 1. The van der Waals surface area contributed by atoms with E-state index < -0.39 is 9.84 Å². The fraction of sp³-hybridized carbons (Fsp3) is 0.545. The summed E-state index contributed by atoms with van der Waals surface area (Å²) in [7, 11) is 0.925. The molecule has 1 saturated heterocycles. The molecule has 1 fully saturated rings. The van der Waals surface area contributed by atoms with Crippen molar-refractivity contribution in [1.29, 1.82) is 0 Å². The summed E-state index contributed by atoms with van der Waals surface area (Å²) < 4.78 is 29.7. The van der Waals surface area contributed by atoms with Crippen molar-refractivity contribution in [2.24, 2.45) is 0 Å². The summed E-state index contributed by atoms with van der Waals surface area (Å²) in [6, 6.07) is 7.78. The average molecular weight is 434 g/mol. The van der Waals surface area contributed by atoms with Crippen molar-refractivity contribution in [2.75, 3.05) is 38.7 Å². The molecule has 1 aromatic carbocycles. The van der Waals surface area contributed by atoms with Gasteiger partial charge in [0.25, 0.3) is 0 Å². The first kappa shape index (κ1) is 22.5. The van der Waals surface area contributed by atoms with Gasteiger partial charge in [0.05, 0.1) is 17.7 Å². The summed E-state index contributed by atoms with van der Waals surface area (Å²) in [5.41, 5.74) is 2.12. The molecule has 0 bridgehead atoms. The lowest BCUT2D eigenvalue weighted by molar-refractivity contribution is -0.133. The largest absolute Gasteiger partial charge is 0.441 e. The lowest BCUT2D eigenvalue weighted by atomic mass is 10.1. The molecule has 1 aromatic heterocycles. The lowest BCUT2D eigenvalue weighted by Crippen LogP contribution is -2.42. The standard InChI is InChI=1S/C22H31N3O4S/c1-17-5-7-18(8-6-17)20-15-23-21(29-20)9-10-22(26)25(13-4-12-24(2)3)19-11-14-30(27,28)16-19/h5-8,15,19H,4,9-14,16H2,1-3H3. The number of sulfone groups is 1. The van der Waals surface area contributed by atoms with Crippen molar-refractivity contribution in [3.63, 3.8) is 0 Å². The van der Waals surface area contributed by atoms with Crippen LogP contribution in [0.1, 0.15) is 30.7 Å². The van der Waals surface area contributed by atoms with Crippen LogP contribution in [0.2, 0.25) is 0 Å². The summed E-state index contributed by atoms with van der Waals surface area (Å²) >= 11 is 0. The molecule has 2 aromatic rings. The van der Waals surface area contributed by atoms with Crippen molar-refractivity contribution in [2.45, 2.75) is 38.6 Å². The number of aromatic nitrogens is 1. The van der Waals surface area contributed by atoms with E-state index in [1.807, 2.05) is 45.3 Å². The molecule has 1 aliphatic rings. The van der Waals surface area contributed by atoms with Crippen LogP contribution in [0.5, 0.6) is 0 Å². The highest BCUT2D eigenvalue weighted by Gasteiger charge is 2.34. The van der Waals surface area contributed by atoms with Crippen molar-refractivity contribution in [3.8, 4) is 11.3 Å². The van der Waals surface area contributed by atoms with Gasteiger partial charge in [0.1, 0.15) is 0 Å². The third-order valence-electron chi connectivity index (χ3n) is 5.42. The Kier molecular flexibility index (Phi) is 7.31. The van der Waals surface area contributed by atoms with Gasteiger partial charge in [-0.25, -0.2) is 13.4 Å². The maximum Gasteiger partial charge on any atom is 0.223 e. The molecule has 1 atom stereocenters. The molecule has 8 heteroatoms. The Balaban J connectivity index is 1.61. The molecule has 1 unspecified atom stereocenters. The minimum atomic E-state index is -3.05. The molecule has 2 heterocycles. The average Bonchev–Trinajstić information content (AvgIpc) is 3.30. The van der Waals surface area contributed by atoms with Gasteiger partial charge in [0.15, 0.2) is 21.5 Å². The number of carbonyl (C=O) groups excluding carboxylic acids is 1. The van der Waals surface area contributed by atoms with Gasteiger partial charge in [-0.1, -0.05) is 29.8 Å². The van der Waals surface area contributed by atoms with E-state index >= 15 is 0 Å².